The van der Waals surface area contributed by atoms with Gasteiger partial charge in [-0.2, -0.15) is 12.6 Å². The number of aliphatic hydroxyl groups excluding tert-OH is 1. The predicted octanol–water partition coefficient (Wildman–Crippen LogP) is 7.10. The van der Waals surface area contributed by atoms with E-state index in [0.29, 0.717) is 29.8 Å². The third-order valence-electron chi connectivity index (χ3n) is 12.4. The Labute approximate surface area is 243 Å². The largest absolute Gasteiger partial charge is 0.466 e. The summed E-state index contributed by atoms with van der Waals surface area (Å²) in [6, 6.07) is 0. The number of hydrogen-bond acceptors (Lipinski definition) is 6. The number of esters is 2. The van der Waals surface area contributed by atoms with Crippen molar-refractivity contribution < 1.29 is 24.2 Å². The Balaban J connectivity index is 1.46. The highest BCUT2D eigenvalue weighted by Crippen LogP contribution is 2.70. The van der Waals surface area contributed by atoms with Gasteiger partial charge < -0.3 is 14.6 Å². The third-order valence-corrected chi connectivity index (χ3v) is 12.7. The van der Waals surface area contributed by atoms with Gasteiger partial charge >= 0.3 is 11.9 Å². The van der Waals surface area contributed by atoms with Crippen LogP contribution in [-0.2, 0) is 19.1 Å². The standard InChI is InChI=1S/C33H56O5S/c1-20(19-37-22(3)34)7-10-30(36)21(2)31-24(13-16-39)17-29-27-9-8-25-18-26(38-23(4)35)11-14-32(25,5)28(27)12-15-33(29,31)6/h20-21,24-31,36,39H,7-19H2,1-6H3. The van der Waals surface area contributed by atoms with Crippen molar-refractivity contribution in [2.24, 2.45) is 58.2 Å². The molecular formula is C33H56O5S. The zero-order valence-electron chi connectivity index (χ0n) is 25.5. The minimum absolute atomic E-state index is 0.112. The second-order valence-electron chi connectivity index (χ2n) is 14.7. The van der Waals surface area contributed by atoms with Crippen molar-refractivity contribution in [1.29, 1.82) is 0 Å². The average Bonchev–Trinajstić information content (AvgIpc) is 3.17. The van der Waals surface area contributed by atoms with E-state index >= 15 is 0 Å². The van der Waals surface area contributed by atoms with Crippen molar-refractivity contribution in [3.63, 3.8) is 0 Å². The van der Waals surface area contributed by atoms with Gasteiger partial charge in [0.15, 0.2) is 0 Å². The van der Waals surface area contributed by atoms with Crippen LogP contribution < -0.4 is 0 Å². The van der Waals surface area contributed by atoms with Gasteiger partial charge in [0.1, 0.15) is 6.10 Å². The number of rotatable bonds is 10. The van der Waals surface area contributed by atoms with Crippen LogP contribution in [0.15, 0.2) is 0 Å². The molecule has 4 fully saturated rings. The minimum atomic E-state index is -0.324. The molecule has 4 aliphatic carbocycles. The fourth-order valence-electron chi connectivity index (χ4n) is 10.6. The second kappa shape index (κ2) is 12.6. The first-order chi connectivity index (χ1) is 18.4. The molecule has 5 nitrogen and oxygen atoms in total. The van der Waals surface area contributed by atoms with Crippen molar-refractivity contribution >= 4 is 24.6 Å². The summed E-state index contributed by atoms with van der Waals surface area (Å²) in [5.74, 6) is 5.17. The molecule has 4 rings (SSSR count). The monoisotopic (exact) mass is 564 g/mol. The summed E-state index contributed by atoms with van der Waals surface area (Å²) >= 11 is 4.68. The highest BCUT2D eigenvalue weighted by atomic mass is 32.1. The van der Waals surface area contributed by atoms with Gasteiger partial charge in [-0.15, -0.1) is 0 Å². The van der Waals surface area contributed by atoms with Gasteiger partial charge in [-0.1, -0.05) is 27.7 Å². The predicted molar refractivity (Wildman–Crippen MR) is 158 cm³/mol. The number of hydrogen-bond donors (Lipinski definition) is 2. The van der Waals surface area contributed by atoms with Crippen molar-refractivity contribution in [3.8, 4) is 0 Å². The molecule has 0 aromatic rings. The lowest BCUT2D eigenvalue weighted by atomic mass is 9.44. The molecule has 0 aromatic carbocycles. The van der Waals surface area contributed by atoms with Gasteiger partial charge in [0.2, 0.25) is 0 Å². The van der Waals surface area contributed by atoms with Gasteiger partial charge in [-0.25, -0.2) is 0 Å². The fourth-order valence-corrected chi connectivity index (χ4v) is 10.9. The van der Waals surface area contributed by atoms with Crippen molar-refractivity contribution in [1.82, 2.24) is 0 Å². The first kappa shape index (κ1) is 31.2. The lowest BCUT2D eigenvalue weighted by molar-refractivity contribution is -0.161. The molecule has 0 amide bonds. The normalized spacial score (nSPS) is 41.9. The zero-order chi connectivity index (χ0) is 28.5. The summed E-state index contributed by atoms with van der Waals surface area (Å²) in [7, 11) is 0. The highest BCUT2D eigenvalue weighted by Gasteiger charge is 2.63. The molecule has 12 atom stereocenters. The minimum Gasteiger partial charge on any atom is -0.466 e. The first-order valence-electron chi connectivity index (χ1n) is 16.0. The van der Waals surface area contributed by atoms with Crippen LogP contribution in [0.2, 0.25) is 0 Å². The maximum atomic E-state index is 11.6. The van der Waals surface area contributed by atoms with Crippen LogP contribution in [0.25, 0.3) is 0 Å². The molecule has 4 aliphatic rings. The van der Waals surface area contributed by atoms with E-state index < -0.39 is 0 Å². The van der Waals surface area contributed by atoms with Crippen LogP contribution in [0, 0.1) is 58.2 Å². The fraction of sp³-hybridized carbons (Fsp3) is 0.939. The maximum Gasteiger partial charge on any atom is 0.302 e. The molecular weight excluding hydrogens is 508 g/mol. The van der Waals surface area contributed by atoms with Crippen molar-refractivity contribution in [3.05, 3.63) is 0 Å². The molecule has 0 aromatic heterocycles. The molecule has 224 valence electrons. The van der Waals surface area contributed by atoms with E-state index in [1.807, 2.05) is 0 Å². The van der Waals surface area contributed by atoms with E-state index in [1.54, 1.807) is 6.92 Å². The molecule has 1 N–H and O–H groups in total. The van der Waals surface area contributed by atoms with Gasteiger partial charge in [0.05, 0.1) is 12.7 Å². The number of thiol groups is 1. The van der Waals surface area contributed by atoms with Crippen LogP contribution in [-0.4, -0.2) is 41.6 Å². The third kappa shape index (κ3) is 6.37. The summed E-state index contributed by atoms with van der Waals surface area (Å²) < 4.78 is 10.9. The Bertz CT molecular complexity index is 863. The number of carbonyl (C=O) groups is 2. The van der Waals surface area contributed by atoms with Crippen molar-refractivity contribution in [2.75, 3.05) is 12.4 Å². The quantitative estimate of drug-likeness (QED) is 0.219. The van der Waals surface area contributed by atoms with Crippen LogP contribution in [0.3, 0.4) is 0 Å². The smallest absolute Gasteiger partial charge is 0.302 e. The average molecular weight is 565 g/mol. The van der Waals surface area contributed by atoms with Crippen LogP contribution in [0.1, 0.15) is 112 Å². The van der Waals surface area contributed by atoms with Crippen LogP contribution >= 0.6 is 12.6 Å². The van der Waals surface area contributed by atoms with Crippen LogP contribution in [0.5, 0.6) is 0 Å². The molecule has 0 saturated heterocycles. The van der Waals surface area contributed by atoms with Gasteiger partial charge in [0.25, 0.3) is 0 Å². The molecule has 12 unspecified atom stereocenters. The van der Waals surface area contributed by atoms with E-state index in [4.69, 9.17) is 9.47 Å². The summed E-state index contributed by atoms with van der Waals surface area (Å²) in [6.07, 6.45) is 12.3. The lowest BCUT2D eigenvalue weighted by Crippen LogP contribution is -2.54. The maximum absolute atomic E-state index is 11.6. The molecule has 0 aliphatic heterocycles. The van der Waals surface area contributed by atoms with Gasteiger partial charge in [0, 0.05) is 13.8 Å². The SMILES string of the molecule is CC(=O)OCC(C)CCC(O)C(C)C1C(CCS)CC2C3CCC4CC(OC(C)=O)CCC4(C)C3CCC21C. The van der Waals surface area contributed by atoms with Gasteiger partial charge in [-0.05, 0) is 135 Å². The number of ether oxygens (including phenoxy) is 2. The lowest BCUT2D eigenvalue weighted by Gasteiger charge is -2.61. The Hall–Kier alpha value is -0.750. The van der Waals surface area contributed by atoms with Gasteiger partial charge in [-0.3, -0.25) is 9.59 Å². The summed E-state index contributed by atoms with van der Waals surface area (Å²) in [5.41, 5.74) is 0.637. The van der Waals surface area contributed by atoms with E-state index in [2.05, 4.69) is 40.3 Å². The van der Waals surface area contributed by atoms with E-state index in [1.165, 1.54) is 45.4 Å². The summed E-state index contributed by atoms with van der Waals surface area (Å²) in [6.45, 7) is 13.0. The molecule has 0 spiro atoms. The highest BCUT2D eigenvalue weighted by molar-refractivity contribution is 7.80. The summed E-state index contributed by atoms with van der Waals surface area (Å²) in [4.78, 5) is 22.8. The van der Waals surface area contributed by atoms with Crippen molar-refractivity contribution in [2.45, 2.75) is 124 Å². The Morgan fingerprint density at radius 1 is 0.949 bits per heavy atom. The Kier molecular flexibility index (Phi) is 10.1. The topological polar surface area (TPSA) is 72.8 Å². The molecule has 0 radical (unpaired) electrons. The molecule has 6 heteroatoms. The Morgan fingerprint density at radius 3 is 2.33 bits per heavy atom. The van der Waals surface area contributed by atoms with Crippen LogP contribution in [0.4, 0.5) is 0 Å². The molecule has 0 heterocycles. The molecule has 4 saturated carbocycles. The Morgan fingerprint density at radius 2 is 1.67 bits per heavy atom. The molecule has 0 bridgehead atoms. The number of aliphatic hydroxyl groups is 1. The number of carbonyl (C=O) groups excluding carboxylic acids is 2. The zero-order valence-corrected chi connectivity index (χ0v) is 26.4. The summed E-state index contributed by atoms with van der Waals surface area (Å²) in [5, 5.41) is 11.4. The van der Waals surface area contributed by atoms with E-state index in [9.17, 15) is 14.7 Å². The first-order valence-corrected chi connectivity index (χ1v) is 16.6. The van der Waals surface area contributed by atoms with E-state index in [-0.39, 0.29) is 41.4 Å². The van der Waals surface area contributed by atoms with E-state index in [0.717, 1.165) is 55.6 Å². The molecule has 39 heavy (non-hydrogen) atoms. The second-order valence-corrected chi connectivity index (χ2v) is 15.1. The number of fused-ring (bicyclic) bond motifs is 5.